The molecule has 0 saturated heterocycles. The average Bonchev–Trinajstić information content (AvgIpc) is 3.22. The van der Waals surface area contributed by atoms with Gasteiger partial charge < -0.3 is 9.73 Å². The molecule has 0 bridgehead atoms. The van der Waals surface area contributed by atoms with E-state index in [1.807, 2.05) is 38.1 Å². The Kier molecular flexibility index (Phi) is 6.82. The highest BCUT2D eigenvalue weighted by Gasteiger charge is 2.21. The van der Waals surface area contributed by atoms with Crippen LogP contribution in [0.1, 0.15) is 33.3 Å². The Labute approximate surface area is 183 Å². The molecule has 0 aliphatic carbocycles. The molecule has 1 atom stereocenters. The van der Waals surface area contributed by atoms with Gasteiger partial charge in [-0.3, -0.25) is 14.4 Å². The van der Waals surface area contributed by atoms with Crippen LogP contribution in [0.25, 0.3) is 0 Å². The summed E-state index contributed by atoms with van der Waals surface area (Å²) in [5, 5.41) is 2.89. The first-order valence-electron chi connectivity index (χ1n) is 9.85. The van der Waals surface area contributed by atoms with Gasteiger partial charge in [-0.1, -0.05) is 18.2 Å². The Hall–Kier alpha value is -3.10. The maximum absolute atomic E-state index is 12.9. The third-order valence-electron chi connectivity index (χ3n) is 4.99. The van der Waals surface area contributed by atoms with Gasteiger partial charge in [-0.2, -0.15) is 0 Å². The number of aryl methyl sites for hydroxylation is 2. The van der Waals surface area contributed by atoms with E-state index in [-0.39, 0.29) is 16.8 Å². The van der Waals surface area contributed by atoms with Gasteiger partial charge in [0.05, 0.1) is 17.2 Å². The van der Waals surface area contributed by atoms with Crippen LogP contribution >= 0.6 is 0 Å². The SMILES string of the molecule is Cc1cccc(NS(=O)(=O)c2ccc(C)c(C(=O)NCC(c3ccco3)N(C)C)c2)c1. The number of nitrogens with zero attached hydrogens (tertiary/aromatic N) is 1. The fourth-order valence-corrected chi connectivity index (χ4v) is 4.31. The van der Waals surface area contributed by atoms with Crippen LogP contribution in [0.15, 0.2) is 70.2 Å². The number of anilines is 1. The summed E-state index contributed by atoms with van der Waals surface area (Å²) < 4.78 is 33.7. The molecule has 0 radical (unpaired) electrons. The first kappa shape index (κ1) is 22.6. The highest BCUT2D eigenvalue weighted by Crippen LogP contribution is 2.21. The first-order chi connectivity index (χ1) is 14.7. The summed E-state index contributed by atoms with van der Waals surface area (Å²) >= 11 is 0. The van der Waals surface area contributed by atoms with Crippen LogP contribution in [-0.4, -0.2) is 39.9 Å². The molecule has 8 heteroatoms. The molecule has 1 unspecified atom stereocenters. The molecule has 1 heterocycles. The second-order valence-electron chi connectivity index (χ2n) is 7.66. The minimum absolute atomic E-state index is 0.0277. The van der Waals surface area contributed by atoms with E-state index in [0.29, 0.717) is 23.4 Å². The third-order valence-corrected chi connectivity index (χ3v) is 6.36. The maximum atomic E-state index is 12.9. The lowest BCUT2D eigenvalue weighted by Gasteiger charge is -2.22. The van der Waals surface area contributed by atoms with Crippen molar-refractivity contribution < 1.29 is 17.6 Å². The van der Waals surface area contributed by atoms with Gasteiger partial charge in [0.2, 0.25) is 0 Å². The van der Waals surface area contributed by atoms with Crippen molar-refractivity contribution in [3.05, 3.63) is 83.3 Å². The molecular formula is C23H27N3O4S. The zero-order valence-electron chi connectivity index (χ0n) is 18.0. The number of hydrogen-bond donors (Lipinski definition) is 2. The summed E-state index contributed by atoms with van der Waals surface area (Å²) in [6, 6.07) is 15.1. The molecule has 3 rings (SSSR count). The average molecular weight is 442 g/mol. The van der Waals surface area contributed by atoms with Crippen LogP contribution in [0.2, 0.25) is 0 Å². The van der Waals surface area contributed by atoms with Crippen molar-refractivity contribution in [1.82, 2.24) is 10.2 Å². The Morgan fingerprint density at radius 1 is 1.06 bits per heavy atom. The largest absolute Gasteiger partial charge is 0.468 e. The van der Waals surface area contributed by atoms with Gasteiger partial charge in [-0.25, -0.2) is 8.42 Å². The van der Waals surface area contributed by atoms with Crippen LogP contribution < -0.4 is 10.0 Å². The van der Waals surface area contributed by atoms with Gasteiger partial charge >= 0.3 is 0 Å². The molecule has 0 fully saturated rings. The standard InChI is InChI=1S/C23H27N3O4S/c1-16-7-5-8-18(13-16)25-31(28,29)19-11-10-17(2)20(14-19)23(27)24-15-21(26(3)4)22-9-6-12-30-22/h5-14,21,25H,15H2,1-4H3,(H,24,27). The number of benzene rings is 2. The van der Waals surface area contributed by atoms with Crippen molar-refractivity contribution in [2.45, 2.75) is 24.8 Å². The number of amides is 1. The molecule has 7 nitrogen and oxygen atoms in total. The Balaban J connectivity index is 1.79. The minimum Gasteiger partial charge on any atom is -0.468 e. The quantitative estimate of drug-likeness (QED) is 0.556. The predicted molar refractivity (Wildman–Crippen MR) is 121 cm³/mol. The Morgan fingerprint density at radius 3 is 2.48 bits per heavy atom. The second kappa shape index (κ2) is 9.36. The van der Waals surface area contributed by atoms with Crippen molar-refractivity contribution in [2.24, 2.45) is 0 Å². The van der Waals surface area contributed by atoms with Crippen LogP contribution in [0.3, 0.4) is 0 Å². The number of carbonyl (C=O) groups excluding carboxylic acids is 1. The molecule has 2 aromatic carbocycles. The van der Waals surface area contributed by atoms with E-state index in [9.17, 15) is 13.2 Å². The number of furan rings is 1. The van der Waals surface area contributed by atoms with E-state index < -0.39 is 10.0 Å². The van der Waals surface area contributed by atoms with Crippen LogP contribution in [0.4, 0.5) is 5.69 Å². The minimum atomic E-state index is -3.84. The molecule has 0 aliphatic rings. The lowest BCUT2D eigenvalue weighted by molar-refractivity contribution is 0.0938. The van der Waals surface area contributed by atoms with Crippen molar-refractivity contribution in [3.8, 4) is 0 Å². The van der Waals surface area contributed by atoms with Crippen molar-refractivity contribution >= 4 is 21.6 Å². The fourth-order valence-electron chi connectivity index (χ4n) is 3.24. The zero-order chi connectivity index (χ0) is 22.6. The summed E-state index contributed by atoms with van der Waals surface area (Å²) in [7, 11) is -0.0411. The second-order valence-corrected chi connectivity index (χ2v) is 9.34. The molecule has 2 N–H and O–H groups in total. The van der Waals surface area contributed by atoms with Gasteiger partial charge in [0.15, 0.2) is 0 Å². The zero-order valence-corrected chi connectivity index (χ0v) is 18.9. The smallest absolute Gasteiger partial charge is 0.261 e. The molecular weight excluding hydrogens is 414 g/mol. The Morgan fingerprint density at radius 2 is 1.84 bits per heavy atom. The summed E-state index contributed by atoms with van der Waals surface area (Å²) in [4.78, 5) is 14.8. The van der Waals surface area contributed by atoms with Gasteiger partial charge in [-0.05, 0) is 75.5 Å². The number of rotatable bonds is 8. The number of hydrogen-bond acceptors (Lipinski definition) is 5. The molecule has 0 aliphatic heterocycles. The molecule has 31 heavy (non-hydrogen) atoms. The van der Waals surface area contributed by atoms with Crippen LogP contribution in [-0.2, 0) is 10.0 Å². The van der Waals surface area contributed by atoms with Crippen LogP contribution in [0.5, 0.6) is 0 Å². The molecule has 1 amide bonds. The topological polar surface area (TPSA) is 91.6 Å². The fraction of sp³-hybridized carbons (Fsp3) is 0.261. The normalized spacial score (nSPS) is 12.5. The van der Waals surface area contributed by atoms with E-state index >= 15 is 0 Å². The summed E-state index contributed by atoms with van der Waals surface area (Å²) in [6.07, 6.45) is 1.59. The van der Waals surface area contributed by atoms with E-state index in [1.54, 1.807) is 43.5 Å². The van der Waals surface area contributed by atoms with E-state index in [1.165, 1.54) is 12.1 Å². The van der Waals surface area contributed by atoms with Crippen LogP contribution in [0, 0.1) is 13.8 Å². The van der Waals surface area contributed by atoms with E-state index in [2.05, 4.69) is 10.0 Å². The lowest BCUT2D eigenvalue weighted by atomic mass is 10.1. The maximum Gasteiger partial charge on any atom is 0.261 e. The lowest BCUT2D eigenvalue weighted by Crippen LogP contribution is -2.34. The van der Waals surface area contributed by atoms with E-state index in [4.69, 9.17) is 4.42 Å². The molecule has 0 saturated carbocycles. The van der Waals surface area contributed by atoms with Crippen molar-refractivity contribution in [3.63, 3.8) is 0 Å². The van der Waals surface area contributed by atoms with Gasteiger partial charge in [0, 0.05) is 17.8 Å². The molecule has 1 aromatic heterocycles. The highest BCUT2D eigenvalue weighted by atomic mass is 32.2. The first-order valence-corrected chi connectivity index (χ1v) is 11.3. The Bertz CT molecular complexity index is 1160. The molecule has 164 valence electrons. The van der Waals surface area contributed by atoms with Crippen molar-refractivity contribution in [2.75, 3.05) is 25.4 Å². The monoisotopic (exact) mass is 441 g/mol. The summed E-state index contributed by atoms with van der Waals surface area (Å²) in [6.45, 7) is 3.97. The molecule has 3 aromatic rings. The summed E-state index contributed by atoms with van der Waals surface area (Å²) in [5.74, 6) is 0.393. The molecule has 0 spiro atoms. The number of sulfonamides is 1. The van der Waals surface area contributed by atoms with Gasteiger partial charge in [-0.15, -0.1) is 0 Å². The van der Waals surface area contributed by atoms with Crippen molar-refractivity contribution in [1.29, 1.82) is 0 Å². The number of nitrogens with one attached hydrogen (secondary N) is 2. The third kappa shape index (κ3) is 5.53. The number of carbonyl (C=O) groups is 1. The van der Waals surface area contributed by atoms with Gasteiger partial charge in [0.1, 0.15) is 5.76 Å². The van der Waals surface area contributed by atoms with Gasteiger partial charge in [0.25, 0.3) is 15.9 Å². The number of likely N-dealkylation sites (N-methyl/N-ethyl adjacent to an activating group) is 1. The summed E-state index contributed by atoms with van der Waals surface area (Å²) in [5.41, 5.74) is 2.41. The predicted octanol–water partition coefficient (Wildman–Crippen LogP) is 3.73. The van der Waals surface area contributed by atoms with E-state index in [0.717, 1.165) is 11.3 Å². The highest BCUT2D eigenvalue weighted by molar-refractivity contribution is 7.92.